The first-order valence-electron chi connectivity index (χ1n) is 9.32. The van der Waals surface area contributed by atoms with E-state index in [0.717, 1.165) is 27.5 Å². The number of hydrogen-bond donors (Lipinski definition) is 1. The second-order valence-electron chi connectivity index (χ2n) is 6.60. The van der Waals surface area contributed by atoms with Crippen LogP contribution in [0.1, 0.15) is 25.5 Å². The van der Waals surface area contributed by atoms with Crippen LogP contribution < -0.4 is 5.32 Å². The Morgan fingerprint density at radius 3 is 2.66 bits per heavy atom. The third-order valence-electron chi connectivity index (χ3n) is 4.83. The summed E-state index contributed by atoms with van der Waals surface area (Å²) in [7, 11) is 0. The minimum Gasteiger partial charge on any atom is -0.456 e. The van der Waals surface area contributed by atoms with Crippen molar-refractivity contribution in [1.29, 1.82) is 0 Å². The molecule has 0 aliphatic carbocycles. The molecule has 1 heterocycles. The smallest absolute Gasteiger partial charge is 0.274 e. The van der Waals surface area contributed by atoms with Crippen molar-refractivity contribution in [2.24, 2.45) is 0 Å². The van der Waals surface area contributed by atoms with Gasteiger partial charge in [0.25, 0.3) is 5.91 Å². The lowest BCUT2D eigenvalue weighted by atomic mass is 10.0. The average molecular weight is 409 g/mol. The number of aldehydes is 1. The second kappa shape index (κ2) is 9.01. The number of thioether (sulfide) groups is 1. The Labute approximate surface area is 174 Å². The van der Waals surface area contributed by atoms with Gasteiger partial charge in [0.2, 0.25) is 0 Å². The topological polar surface area (TPSA) is 62.6 Å². The lowest BCUT2D eigenvalue weighted by molar-refractivity contribution is -0.127. The van der Waals surface area contributed by atoms with Crippen molar-refractivity contribution in [2.45, 2.75) is 19.9 Å². The van der Waals surface area contributed by atoms with Gasteiger partial charge in [-0.25, -0.2) is 0 Å². The Balaban J connectivity index is 1.86. The average Bonchev–Trinajstić information content (AvgIpc) is 3.12. The van der Waals surface area contributed by atoms with Gasteiger partial charge < -0.3 is 14.5 Å². The molecule has 2 aromatic carbocycles. The Hall–Kier alpha value is -2.99. The molecule has 0 bridgehead atoms. The van der Waals surface area contributed by atoms with E-state index in [1.165, 1.54) is 16.7 Å². The summed E-state index contributed by atoms with van der Waals surface area (Å²) in [5.41, 5.74) is 3.14. The summed E-state index contributed by atoms with van der Waals surface area (Å²) < 4.78 is 5.89. The van der Waals surface area contributed by atoms with E-state index in [2.05, 4.69) is 18.0 Å². The maximum atomic E-state index is 12.9. The van der Waals surface area contributed by atoms with Crippen LogP contribution in [0.15, 0.2) is 70.3 Å². The van der Waals surface area contributed by atoms with Gasteiger partial charge in [0.1, 0.15) is 17.5 Å². The Kier molecular flexibility index (Phi) is 6.44. The third kappa shape index (κ3) is 4.22. The lowest BCUT2D eigenvalue weighted by Gasteiger charge is -2.25. The summed E-state index contributed by atoms with van der Waals surface area (Å²) in [6.07, 6.45) is 4.24. The van der Waals surface area contributed by atoms with Crippen LogP contribution in [0.3, 0.4) is 0 Å². The first-order chi connectivity index (χ1) is 14.0. The molecule has 0 spiro atoms. The normalized spacial score (nSPS) is 12.7. The van der Waals surface area contributed by atoms with Gasteiger partial charge in [-0.2, -0.15) is 0 Å². The number of para-hydroxylation sites is 1. The van der Waals surface area contributed by atoms with Crippen LogP contribution in [0.25, 0.3) is 21.9 Å². The van der Waals surface area contributed by atoms with Gasteiger partial charge in [-0.3, -0.25) is 9.69 Å². The fourth-order valence-electron chi connectivity index (χ4n) is 3.23. The lowest BCUT2D eigenvalue weighted by Crippen LogP contribution is -2.37. The van der Waals surface area contributed by atoms with Crippen LogP contribution in [-0.4, -0.2) is 29.9 Å². The molecule has 1 atom stereocenters. The van der Waals surface area contributed by atoms with Gasteiger partial charge >= 0.3 is 0 Å². The largest absolute Gasteiger partial charge is 0.456 e. The van der Waals surface area contributed by atoms with Gasteiger partial charge in [-0.15, -0.1) is 11.8 Å². The highest BCUT2D eigenvalue weighted by Gasteiger charge is 2.21. The quantitative estimate of drug-likeness (QED) is 0.420. The molecular weight excluding hydrogens is 384 g/mol. The van der Waals surface area contributed by atoms with E-state index in [-0.39, 0.29) is 18.5 Å². The molecule has 0 fully saturated rings. The summed E-state index contributed by atoms with van der Waals surface area (Å²) in [6, 6.07) is 13.8. The van der Waals surface area contributed by atoms with Gasteiger partial charge in [0.15, 0.2) is 0 Å². The van der Waals surface area contributed by atoms with Crippen LogP contribution in [0.5, 0.6) is 0 Å². The van der Waals surface area contributed by atoms with Crippen LogP contribution in [-0.2, 0) is 9.59 Å². The minimum absolute atomic E-state index is 0.0289. The predicted molar refractivity (Wildman–Crippen MR) is 119 cm³/mol. The number of carbonyl (C=O) groups is 2. The van der Waals surface area contributed by atoms with Crippen molar-refractivity contribution in [2.75, 3.05) is 12.8 Å². The molecular formula is C23H24N2O3S. The molecule has 1 amide bonds. The standard InChI is InChI=1S/C23H24N2O3S/c1-5-20(23(27)25(12-13-26)16(3)29-4)24-15(2)17-10-11-22-19(14-17)18-8-6-7-9-21(18)28-22/h5-11,13-15,24H,3,12H2,1-2,4H3/b20-5+. The Morgan fingerprint density at radius 1 is 1.24 bits per heavy atom. The van der Waals surface area contributed by atoms with Crippen LogP contribution in [0, 0.1) is 0 Å². The number of fused-ring (bicyclic) bond motifs is 3. The summed E-state index contributed by atoms with van der Waals surface area (Å²) in [4.78, 5) is 25.3. The molecule has 5 nitrogen and oxygen atoms in total. The minimum atomic E-state index is -0.277. The molecule has 3 aromatic rings. The molecule has 29 heavy (non-hydrogen) atoms. The molecule has 150 valence electrons. The van der Waals surface area contributed by atoms with Crippen molar-refractivity contribution >= 4 is 45.9 Å². The first kappa shape index (κ1) is 20.7. The van der Waals surface area contributed by atoms with Crippen LogP contribution in [0.2, 0.25) is 0 Å². The molecule has 0 saturated heterocycles. The summed E-state index contributed by atoms with van der Waals surface area (Å²) >= 11 is 1.33. The number of benzene rings is 2. The second-order valence-corrected chi connectivity index (χ2v) is 7.48. The van der Waals surface area contributed by atoms with E-state index in [0.29, 0.717) is 17.0 Å². The van der Waals surface area contributed by atoms with E-state index < -0.39 is 0 Å². The van der Waals surface area contributed by atoms with Crippen molar-refractivity contribution in [3.63, 3.8) is 0 Å². The van der Waals surface area contributed by atoms with E-state index in [4.69, 9.17) is 4.42 Å². The zero-order chi connectivity index (χ0) is 21.0. The van der Waals surface area contributed by atoms with Crippen molar-refractivity contribution < 1.29 is 14.0 Å². The third-order valence-corrected chi connectivity index (χ3v) is 5.52. The molecule has 0 aliphatic heterocycles. The number of amides is 1. The van der Waals surface area contributed by atoms with E-state index in [1.54, 1.807) is 13.0 Å². The molecule has 1 unspecified atom stereocenters. The molecule has 1 N–H and O–H groups in total. The Bertz CT molecular complexity index is 1100. The zero-order valence-corrected chi connectivity index (χ0v) is 17.6. The van der Waals surface area contributed by atoms with Gasteiger partial charge in [-0.05, 0) is 43.9 Å². The van der Waals surface area contributed by atoms with Crippen molar-refractivity contribution in [3.05, 3.63) is 71.4 Å². The van der Waals surface area contributed by atoms with Gasteiger partial charge in [-0.1, -0.05) is 36.9 Å². The van der Waals surface area contributed by atoms with Gasteiger partial charge in [0.05, 0.1) is 17.3 Å². The summed E-state index contributed by atoms with van der Waals surface area (Å²) in [6.45, 7) is 7.63. The highest BCUT2D eigenvalue weighted by Crippen LogP contribution is 2.31. The SMILES string of the molecule is C=C(SC)N(CC=O)C(=O)/C(=C\C)NC(C)c1ccc2oc3ccccc3c2c1. The highest BCUT2D eigenvalue weighted by atomic mass is 32.2. The number of nitrogens with one attached hydrogen (secondary N) is 1. The Morgan fingerprint density at radius 2 is 1.97 bits per heavy atom. The molecule has 6 heteroatoms. The number of rotatable bonds is 8. The molecule has 3 rings (SSSR count). The van der Waals surface area contributed by atoms with Crippen molar-refractivity contribution in [3.8, 4) is 0 Å². The van der Waals surface area contributed by atoms with Crippen LogP contribution >= 0.6 is 11.8 Å². The molecule has 0 aliphatic rings. The maximum Gasteiger partial charge on any atom is 0.274 e. The van der Waals surface area contributed by atoms with Crippen LogP contribution in [0.4, 0.5) is 0 Å². The zero-order valence-electron chi connectivity index (χ0n) is 16.8. The van der Waals surface area contributed by atoms with Gasteiger partial charge in [0, 0.05) is 16.8 Å². The molecule has 1 aromatic heterocycles. The monoisotopic (exact) mass is 408 g/mol. The van der Waals surface area contributed by atoms with Crippen molar-refractivity contribution in [1.82, 2.24) is 10.2 Å². The molecule has 0 saturated carbocycles. The highest BCUT2D eigenvalue weighted by molar-refractivity contribution is 8.02. The number of allylic oxidation sites excluding steroid dienone is 1. The van der Waals surface area contributed by atoms with E-state index in [9.17, 15) is 9.59 Å². The molecule has 0 radical (unpaired) electrons. The maximum absolute atomic E-state index is 12.9. The number of carbonyl (C=O) groups excluding carboxylic acids is 2. The van der Waals surface area contributed by atoms with E-state index in [1.807, 2.05) is 49.6 Å². The summed E-state index contributed by atoms with van der Waals surface area (Å²) in [5, 5.41) is 5.91. The first-order valence-corrected chi connectivity index (χ1v) is 10.5. The summed E-state index contributed by atoms with van der Waals surface area (Å²) in [5.74, 6) is -0.277. The fourth-order valence-corrected chi connectivity index (χ4v) is 3.60. The number of hydrogen-bond acceptors (Lipinski definition) is 5. The number of furan rings is 1. The fraction of sp³-hybridized carbons (Fsp3) is 0.217. The predicted octanol–water partition coefficient (Wildman–Crippen LogP) is 5.00. The number of nitrogens with zero attached hydrogens (tertiary/aromatic N) is 1. The van der Waals surface area contributed by atoms with E-state index >= 15 is 0 Å².